The maximum atomic E-state index is 12.5. The number of hydrogen-bond donors (Lipinski definition) is 2. The van der Waals surface area contributed by atoms with Crippen LogP contribution in [0.25, 0.3) is 11.3 Å². The van der Waals surface area contributed by atoms with E-state index in [1.165, 1.54) is 16.9 Å². The van der Waals surface area contributed by atoms with E-state index in [1.54, 1.807) is 31.5 Å². The van der Waals surface area contributed by atoms with Gasteiger partial charge in [-0.15, -0.1) is 11.3 Å². The minimum Gasteiger partial charge on any atom is -0.343 e. The molecule has 0 aliphatic rings. The molecule has 0 aliphatic carbocycles. The Labute approximate surface area is 202 Å². The quantitative estimate of drug-likeness (QED) is 0.397. The molecule has 3 rings (SSSR count). The molecule has 0 aliphatic heterocycles. The molecule has 0 spiro atoms. The molecule has 6 nitrogen and oxygen atoms in total. The highest BCUT2D eigenvalue weighted by Crippen LogP contribution is 2.36. The van der Waals surface area contributed by atoms with Crippen molar-refractivity contribution in [2.75, 3.05) is 25.2 Å². The van der Waals surface area contributed by atoms with Crippen LogP contribution in [0.1, 0.15) is 50.5 Å². The zero-order chi connectivity index (χ0) is 24.2. The summed E-state index contributed by atoms with van der Waals surface area (Å²) in [6.07, 6.45) is 1.06. The van der Waals surface area contributed by atoms with Crippen molar-refractivity contribution in [3.05, 3.63) is 64.5 Å². The molecule has 0 bridgehead atoms. The smallest absolute Gasteiger partial charge is 0.251 e. The summed E-state index contributed by atoms with van der Waals surface area (Å²) >= 11 is 1.34. The number of aryl methyl sites for hydroxylation is 1. The van der Waals surface area contributed by atoms with Crippen LogP contribution in [0.5, 0.6) is 0 Å². The van der Waals surface area contributed by atoms with E-state index in [2.05, 4.69) is 41.6 Å². The molecular weight excluding hydrogens is 453 g/mol. The number of aromatic nitrogens is 1. The third-order valence-electron chi connectivity index (χ3n) is 5.58. The molecule has 0 saturated carbocycles. The number of rotatable bonds is 8. The van der Waals surface area contributed by atoms with Crippen molar-refractivity contribution < 1.29 is 17.0 Å². The van der Waals surface area contributed by atoms with Crippen LogP contribution in [-0.4, -0.2) is 36.7 Å². The Morgan fingerprint density at radius 3 is 2.64 bits per heavy atom. The number of amides is 2. The zero-order valence-corrected chi connectivity index (χ0v) is 21.3. The Morgan fingerprint density at radius 2 is 1.94 bits per heavy atom. The molecular formula is C25H34N3O3PS. The fraction of sp³-hybridized carbons (Fsp3) is 0.320. The SMILES string of the molecule is CCC(C)c1cccc(-c2csc(NC(=O)CNC(=O)c3ccc(C)c(P(C)(C)=O)c3)n2)c1.[HH].[HH]. The van der Waals surface area contributed by atoms with Crippen LogP contribution in [0.4, 0.5) is 5.13 Å². The Morgan fingerprint density at radius 1 is 1.18 bits per heavy atom. The third-order valence-corrected chi connectivity index (χ3v) is 7.98. The molecule has 1 heterocycles. The van der Waals surface area contributed by atoms with Gasteiger partial charge in [0, 0.05) is 24.7 Å². The van der Waals surface area contributed by atoms with Gasteiger partial charge in [-0.05, 0) is 61.9 Å². The fourth-order valence-corrected chi connectivity index (χ4v) is 5.57. The molecule has 3 aromatic rings. The van der Waals surface area contributed by atoms with E-state index in [0.717, 1.165) is 23.2 Å². The summed E-state index contributed by atoms with van der Waals surface area (Å²) in [5.74, 6) is -0.277. The van der Waals surface area contributed by atoms with Crippen molar-refractivity contribution >= 4 is 40.7 Å². The highest BCUT2D eigenvalue weighted by atomic mass is 32.1. The van der Waals surface area contributed by atoms with Gasteiger partial charge in [-0.1, -0.05) is 38.1 Å². The van der Waals surface area contributed by atoms with Crippen molar-refractivity contribution in [1.29, 1.82) is 0 Å². The highest BCUT2D eigenvalue weighted by Gasteiger charge is 2.17. The monoisotopic (exact) mass is 487 g/mol. The standard InChI is InChI=1S/C25H30N3O3PS.2H2/c1-6-16(2)18-8-7-9-19(12-18)21-15-33-25(27-21)28-23(29)14-26-24(30)20-11-10-17(3)22(13-20)32(4,5)31;;/h7-13,15-16H,6,14H2,1-5H3,(H,26,30)(H,27,28,29);2*1H. The van der Waals surface area contributed by atoms with Crippen LogP contribution in [-0.2, 0) is 9.36 Å². The van der Waals surface area contributed by atoms with Crippen molar-refractivity contribution in [2.24, 2.45) is 0 Å². The van der Waals surface area contributed by atoms with Crippen LogP contribution < -0.4 is 15.9 Å². The largest absolute Gasteiger partial charge is 0.343 e. The second-order valence-electron chi connectivity index (χ2n) is 8.56. The molecule has 8 heteroatoms. The minimum atomic E-state index is -2.51. The molecule has 0 radical (unpaired) electrons. The van der Waals surface area contributed by atoms with E-state index in [1.807, 2.05) is 24.4 Å². The number of carbonyl (C=O) groups excluding carboxylic acids is 2. The topological polar surface area (TPSA) is 88.2 Å². The number of hydrogen-bond acceptors (Lipinski definition) is 5. The maximum absolute atomic E-state index is 12.5. The van der Waals surface area contributed by atoms with Gasteiger partial charge in [0.1, 0.15) is 7.14 Å². The van der Waals surface area contributed by atoms with E-state index in [-0.39, 0.29) is 21.2 Å². The number of carbonyl (C=O) groups is 2. The van der Waals surface area contributed by atoms with Crippen molar-refractivity contribution in [2.45, 2.75) is 33.1 Å². The van der Waals surface area contributed by atoms with Gasteiger partial charge in [0.15, 0.2) is 5.13 Å². The van der Waals surface area contributed by atoms with E-state index >= 15 is 0 Å². The Bertz CT molecular complexity index is 1230. The van der Waals surface area contributed by atoms with Crippen LogP contribution in [0, 0.1) is 6.92 Å². The number of anilines is 1. The first-order chi connectivity index (χ1) is 15.6. The lowest BCUT2D eigenvalue weighted by Gasteiger charge is -2.12. The minimum absolute atomic E-state index is 0. The molecule has 2 N–H and O–H groups in total. The summed E-state index contributed by atoms with van der Waals surface area (Å²) in [5.41, 5.74) is 4.34. The highest BCUT2D eigenvalue weighted by molar-refractivity contribution is 7.70. The predicted octanol–water partition coefficient (Wildman–Crippen LogP) is 5.74. The van der Waals surface area contributed by atoms with Crippen LogP contribution >= 0.6 is 18.5 Å². The first-order valence-electron chi connectivity index (χ1n) is 10.9. The van der Waals surface area contributed by atoms with Gasteiger partial charge in [0.2, 0.25) is 5.91 Å². The van der Waals surface area contributed by atoms with Gasteiger partial charge in [0.25, 0.3) is 5.91 Å². The number of nitrogens with zero attached hydrogens (tertiary/aromatic N) is 1. The Balaban J connectivity index is 0.00000306. The predicted molar refractivity (Wildman–Crippen MR) is 142 cm³/mol. The average molecular weight is 488 g/mol. The molecule has 33 heavy (non-hydrogen) atoms. The summed E-state index contributed by atoms with van der Waals surface area (Å²) in [6, 6.07) is 13.4. The van der Waals surface area contributed by atoms with Gasteiger partial charge >= 0.3 is 0 Å². The summed E-state index contributed by atoms with van der Waals surface area (Å²) in [7, 11) is -2.51. The summed E-state index contributed by atoms with van der Waals surface area (Å²) in [6.45, 7) is 9.39. The molecule has 2 amide bonds. The summed E-state index contributed by atoms with van der Waals surface area (Å²) in [4.78, 5) is 29.4. The number of benzene rings is 2. The van der Waals surface area contributed by atoms with Gasteiger partial charge in [-0.3, -0.25) is 9.59 Å². The Hall–Kier alpha value is -2.76. The van der Waals surface area contributed by atoms with Crippen molar-refractivity contribution in [1.82, 2.24) is 10.3 Å². The van der Waals surface area contributed by atoms with Gasteiger partial charge in [-0.25, -0.2) is 4.98 Å². The lowest BCUT2D eigenvalue weighted by molar-refractivity contribution is -0.115. The van der Waals surface area contributed by atoms with E-state index < -0.39 is 7.14 Å². The first kappa shape index (κ1) is 24.9. The van der Waals surface area contributed by atoms with Crippen LogP contribution in [0.15, 0.2) is 47.8 Å². The van der Waals surface area contributed by atoms with Gasteiger partial charge in [-0.2, -0.15) is 0 Å². The zero-order valence-electron chi connectivity index (χ0n) is 19.6. The molecule has 1 aromatic heterocycles. The number of thiazole rings is 1. The molecule has 1 atom stereocenters. The van der Waals surface area contributed by atoms with Crippen molar-refractivity contribution in [3.63, 3.8) is 0 Å². The van der Waals surface area contributed by atoms with Crippen LogP contribution in [0.2, 0.25) is 0 Å². The molecule has 178 valence electrons. The molecule has 1 unspecified atom stereocenters. The molecule has 2 aromatic carbocycles. The number of nitrogens with one attached hydrogen (secondary N) is 2. The Kier molecular flexibility index (Phi) is 7.88. The second-order valence-corrected chi connectivity index (χ2v) is 12.6. The maximum Gasteiger partial charge on any atom is 0.251 e. The lowest BCUT2D eigenvalue weighted by atomic mass is 9.96. The average Bonchev–Trinajstić information content (AvgIpc) is 3.25. The third kappa shape index (κ3) is 6.40. The van der Waals surface area contributed by atoms with Gasteiger partial charge < -0.3 is 15.2 Å². The molecule has 0 saturated heterocycles. The van der Waals surface area contributed by atoms with Crippen LogP contribution in [0.3, 0.4) is 0 Å². The fourth-order valence-electron chi connectivity index (χ4n) is 3.46. The molecule has 0 fully saturated rings. The second kappa shape index (κ2) is 10.4. The van der Waals surface area contributed by atoms with E-state index in [0.29, 0.717) is 21.9 Å². The normalized spacial score (nSPS) is 12.3. The first-order valence-corrected chi connectivity index (χ1v) is 14.4. The summed E-state index contributed by atoms with van der Waals surface area (Å²) < 4.78 is 12.5. The van der Waals surface area contributed by atoms with Crippen molar-refractivity contribution in [3.8, 4) is 11.3 Å². The summed E-state index contributed by atoms with van der Waals surface area (Å²) in [5, 5.41) is 8.42. The lowest BCUT2D eigenvalue weighted by Crippen LogP contribution is -2.33. The van der Waals surface area contributed by atoms with E-state index in [9.17, 15) is 14.2 Å². The van der Waals surface area contributed by atoms with Gasteiger partial charge in [0.05, 0.1) is 12.2 Å². The van der Waals surface area contributed by atoms with E-state index in [4.69, 9.17) is 0 Å².